The lowest BCUT2D eigenvalue weighted by Gasteiger charge is -1.97. The van der Waals surface area contributed by atoms with Crippen LogP contribution < -0.4 is 0 Å². The van der Waals surface area contributed by atoms with E-state index in [2.05, 4.69) is 0 Å². The SMILES string of the molecule is COC/C(C)=C(\C)C#N. The molecule has 0 aliphatic rings. The van der Waals surface area contributed by atoms with Crippen molar-refractivity contribution in [3.8, 4) is 6.07 Å². The molecule has 50 valence electrons. The molecule has 9 heavy (non-hydrogen) atoms. The van der Waals surface area contributed by atoms with Gasteiger partial charge in [0.1, 0.15) is 0 Å². The molecule has 0 N–H and O–H groups in total. The molecule has 0 saturated carbocycles. The number of hydrogen-bond donors (Lipinski definition) is 0. The molecular weight excluding hydrogens is 114 g/mol. The lowest BCUT2D eigenvalue weighted by atomic mass is 10.2. The molecule has 0 rings (SSSR count). The van der Waals surface area contributed by atoms with Crippen LogP contribution in [0.25, 0.3) is 0 Å². The molecule has 2 heteroatoms. The Morgan fingerprint density at radius 2 is 2.11 bits per heavy atom. The first-order valence-corrected chi connectivity index (χ1v) is 2.77. The molecule has 2 nitrogen and oxygen atoms in total. The van der Waals surface area contributed by atoms with Crippen molar-refractivity contribution in [3.63, 3.8) is 0 Å². The van der Waals surface area contributed by atoms with Gasteiger partial charge >= 0.3 is 0 Å². The van der Waals surface area contributed by atoms with Crippen LogP contribution in [0.15, 0.2) is 11.1 Å². The Hall–Kier alpha value is -0.810. The smallest absolute Gasteiger partial charge is 0.0944 e. The van der Waals surface area contributed by atoms with Gasteiger partial charge in [-0.3, -0.25) is 0 Å². The number of nitriles is 1. The van der Waals surface area contributed by atoms with E-state index in [1.807, 2.05) is 13.0 Å². The third-order valence-corrected chi connectivity index (χ3v) is 1.17. The Morgan fingerprint density at radius 3 is 2.44 bits per heavy atom. The van der Waals surface area contributed by atoms with Crippen LogP contribution in [0.1, 0.15) is 13.8 Å². The minimum absolute atomic E-state index is 0.555. The zero-order valence-electron chi connectivity index (χ0n) is 6.06. The molecular formula is C7H11NO. The van der Waals surface area contributed by atoms with Gasteiger partial charge < -0.3 is 4.74 Å². The summed E-state index contributed by atoms with van der Waals surface area (Å²) in [5.41, 5.74) is 1.75. The normalized spacial score (nSPS) is 12.2. The summed E-state index contributed by atoms with van der Waals surface area (Å²) >= 11 is 0. The van der Waals surface area contributed by atoms with Crippen LogP contribution in [0, 0.1) is 11.3 Å². The largest absolute Gasteiger partial charge is 0.380 e. The van der Waals surface area contributed by atoms with Gasteiger partial charge in [0.2, 0.25) is 0 Å². The van der Waals surface area contributed by atoms with Crippen molar-refractivity contribution >= 4 is 0 Å². The van der Waals surface area contributed by atoms with Crippen molar-refractivity contribution < 1.29 is 4.74 Å². The van der Waals surface area contributed by atoms with Crippen molar-refractivity contribution in [1.29, 1.82) is 5.26 Å². The lowest BCUT2D eigenvalue weighted by molar-refractivity contribution is 0.225. The molecule has 0 aliphatic heterocycles. The van der Waals surface area contributed by atoms with Gasteiger partial charge in [-0.25, -0.2) is 0 Å². The molecule has 0 radical (unpaired) electrons. The average molecular weight is 125 g/mol. The molecule has 0 fully saturated rings. The predicted molar refractivity (Wildman–Crippen MR) is 35.9 cm³/mol. The highest BCUT2D eigenvalue weighted by atomic mass is 16.5. The van der Waals surface area contributed by atoms with Gasteiger partial charge in [-0.15, -0.1) is 0 Å². The van der Waals surface area contributed by atoms with Gasteiger partial charge in [0.05, 0.1) is 12.7 Å². The Labute approximate surface area is 55.7 Å². The maximum atomic E-state index is 8.37. The van der Waals surface area contributed by atoms with Crippen molar-refractivity contribution in [1.82, 2.24) is 0 Å². The number of rotatable bonds is 2. The average Bonchev–Trinajstić information content (AvgIpc) is 1.87. The van der Waals surface area contributed by atoms with Crippen LogP contribution in [0.3, 0.4) is 0 Å². The molecule has 0 unspecified atom stereocenters. The maximum Gasteiger partial charge on any atom is 0.0944 e. The number of methoxy groups -OCH3 is 1. The summed E-state index contributed by atoms with van der Waals surface area (Å²) in [7, 11) is 1.62. The third-order valence-electron chi connectivity index (χ3n) is 1.17. The molecule has 0 aromatic carbocycles. The van der Waals surface area contributed by atoms with Gasteiger partial charge in [-0.05, 0) is 19.4 Å². The van der Waals surface area contributed by atoms with Crippen LogP contribution in [0.2, 0.25) is 0 Å². The molecule has 0 bridgehead atoms. The number of nitrogens with zero attached hydrogens (tertiary/aromatic N) is 1. The number of allylic oxidation sites excluding steroid dienone is 1. The van der Waals surface area contributed by atoms with Gasteiger partial charge in [-0.1, -0.05) is 0 Å². The fraction of sp³-hybridized carbons (Fsp3) is 0.571. The molecule has 0 amide bonds. The standard InChI is InChI=1S/C7H11NO/c1-6(4-8)7(2)5-9-3/h5H2,1-3H3/b7-6+. The summed E-state index contributed by atoms with van der Waals surface area (Å²) in [6.45, 7) is 4.23. The molecule has 0 aromatic heterocycles. The van der Waals surface area contributed by atoms with Crippen LogP contribution in [-0.4, -0.2) is 13.7 Å². The second kappa shape index (κ2) is 4.11. The molecule has 0 heterocycles. The zero-order chi connectivity index (χ0) is 7.28. The van der Waals surface area contributed by atoms with Crippen molar-refractivity contribution in [2.24, 2.45) is 0 Å². The molecule has 0 atom stereocenters. The summed E-state index contributed by atoms with van der Waals surface area (Å²) in [6.07, 6.45) is 0. The summed E-state index contributed by atoms with van der Waals surface area (Å²) in [5, 5.41) is 8.37. The minimum Gasteiger partial charge on any atom is -0.380 e. The van der Waals surface area contributed by atoms with E-state index in [9.17, 15) is 0 Å². The van der Waals surface area contributed by atoms with E-state index < -0.39 is 0 Å². The van der Waals surface area contributed by atoms with E-state index in [0.29, 0.717) is 6.61 Å². The van der Waals surface area contributed by atoms with Crippen LogP contribution in [0.4, 0.5) is 0 Å². The third kappa shape index (κ3) is 2.89. The quantitative estimate of drug-likeness (QED) is 0.524. The first-order valence-electron chi connectivity index (χ1n) is 2.77. The maximum absolute atomic E-state index is 8.37. The lowest BCUT2D eigenvalue weighted by Crippen LogP contribution is -1.91. The second-order valence-corrected chi connectivity index (χ2v) is 1.95. The molecule has 0 aliphatic carbocycles. The minimum atomic E-state index is 0.555. The van der Waals surface area contributed by atoms with E-state index in [1.165, 1.54) is 0 Å². The van der Waals surface area contributed by atoms with Gasteiger partial charge in [0.15, 0.2) is 0 Å². The Balaban J connectivity index is 3.98. The van der Waals surface area contributed by atoms with E-state index in [1.54, 1.807) is 14.0 Å². The van der Waals surface area contributed by atoms with Gasteiger partial charge in [-0.2, -0.15) is 5.26 Å². The van der Waals surface area contributed by atoms with E-state index >= 15 is 0 Å². The van der Waals surface area contributed by atoms with Gasteiger partial charge in [0.25, 0.3) is 0 Å². The predicted octanol–water partition coefficient (Wildman–Crippen LogP) is 1.49. The Bertz CT molecular complexity index is 153. The van der Waals surface area contributed by atoms with E-state index in [0.717, 1.165) is 11.1 Å². The summed E-state index contributed by atoms with van der Waals surface area (Å²) in [5.74, 6) is 0. The number of ether oxygens (including phenoxy) is 1. The zero-order valence-corrected chi connectivity index (χ0v) is 6.06. The van der Waals surface area contributed by atoms with Crippen LogP contribution in [0.5, 0.6) is 0 Å². The fourth-order valence-electron chi connectivity index (χ4n) is 0.420. The van der Waals surface area contributed by atoms with Crippen molar-refractivity contribution in [2.45, 2.75) is 13.8 Å². The van der Waals surface area contributed by atoms with E-state index in [4.69, 9.17) is 10.00 Å². The first kappa shape index (κ1) is 8.19. The fourth-order valence-corrected chi connectivity index (χ4v) is 0.420. The summed E-state index contributed by atoms with van der Waals surface area (Å²) in [6, 6.07) is 2.05. The Morgan fingerprint density at radius 1 is 1.56 bits per heavy atom. The molecule has 0 spiro atoms. The highest BCUT2D eigenvalue weighted by Gasteiger charge is 1.92. The van der Waals surface area contributed by atoms with Gasteiger partial charge in [0, 0.05) is 12.7 Å². The topological polar surface area (TPSA) is 33.0 Å². The van der Waals surface area contributed by atoms with Crippen LogP contribution >= 0.6 is 0 Å². The number of hydrogen-bond acceptors (Lipinski definition) is 2. The highest BCUT2D eigenvalue weighted by Crippen LogP contribution is 2.00. The Kier molecular flexibility index (Phi) is 3.74. The highest BCUT2D eigenvalue weighted by molar-refractivity contribution is 5.24. The van der Waals surface area contributed by atoms with Crippen LogP contribution in [-0.2, 0) is 4.74 Å². The van der Waals surface area contributed by atoms with Crippen molar-refractivity contribution in [3.05, 3.63) is 11.1 Å². The first-order chi connectivity index (χ1) is 4.22. The monoisotopic (exact) mass is 125 g/mol. The second-order valence-electron chi connectivity index (χ2n) is 1.95. The molecule has 0 saturated heterocycles. The molecule has 0 aromatic rings. The summed E-state index contributed by atoms with van der Waals surface area (Å²) in [4.78, 5) is 0. The van der Waals surface area contributed by atoms with E-state index in [-0.39, 0.29) is 0 Å². The summed E-state index contributed by atoms with van der Waals surface area (Å²) < 4.78 is 4.82. The van der Waals surface area contributed by atoms with Crippen molar-refractivity contribution in [2.75, 3.05) is 13.7 Å².